The van der Waals surface area contributed by atoms with Gasteiger partial charge in [0, 0.05) is 64.5 Å². The Balaban J connectivity index is 1.28. The van der Waals surface area contributed by atoms with E-state index in [2.05, 4.69) is 161 Å². The third kappa shape index (κ3) is 3.12. The summed E-state index contributed by atoms with van der Waals surface area (Å²) >= 11 is 1.88. The molecule has 0 N–H and O–H groups in total. The molecule has 0 spiro atoms. The fraction of sp³-hybridized carbons (Fsp3) is 0. The minimum Gasteiger partial charge on any atom is -0.375 e. The van der Waals surface area contributed by atoms with Crippen LogP contribution in [0.25, 0.3) is 64.2 Å². The van der Waals surface area contributed by atoms with E-state index in [-0.39, 0.29) is 6.85 Å². The minimum atomic E-state index is 0.0711. The number of hydrogen-bond donors (Lipinski definition) is 0. The second-order valence-electron chi connectivity index (χ2n) is 12.5. The molecule has 4 heterocycles. The van der Waals surface area contributed by atoms with E-state index < -0.39 is 0 Å². The van der Waals surface area contributed by atoms with Crippen LogP contribution in [-0.4, -0.2) is 11.3 Å². The topological polar surface area (TPSA) is 8.17 Å². The van der Waals surface area contributed by atoms with Crippen LogP contribution in [0.15, 0.2) is 152 Å². The van der Waals surface area contributed by atoms with Gasteiger partial charge in [-0.25, -0.2) is 0 Å². The Kier molecular flexibility index (Phi) is 4.83. The number of aromatic nitrogens is 1. The summed E-state index contributed by atoms with van der Waals surface area (Å²) in [5, 5.41) is 5.26. The molecule has 2 aliphatic heterocycles. The van der Waals surface area contributed by atoms with Crippen molar-refractivity contribution < 1.29 is 0 Å². The summed E-state index contributed by atoms with van der Waals surface area (Å²) in [4.78, 5) is 2.55. The van der Waals surface area contributed by atoms with E-state index in [4.69, 9.17) is 0 Å². The first-order chi connectivity index (χ1) is 22.8. The lowest BCUT2D eigenvalue weighted by molar-refractivity contribution is 1.26. The van der Waals surface area contributed by atoms with Gasteiger partial charge in [-0.2, -0.15) is 0 Å². The maximum absolute atomic E-state index is 2.62. The van der Waals surface area contributed by atoms with E-state index in [1.165, 1.54) is 92.2 Å². The second kappa shape index (κ2) is 9.00. The van der Waals surface area contributed by atoms with Crippen molar-refractivity contribution in [1.29, 1.82) is 0 Å². The molecule has 0 unspecified atom stereocenters. The SMILES string of the molecule is c1ccc(-c2cc3sc4ccccc4c3cc2N2c3ccccc3B3c4c(cccc42)-c2cccc4c5ccccc5n3c24)cc1. The summed E-state index contributed by atoms with van der Waals surface area (Å²) in [6, 6.07) is 56.4. The molecule has 2 aromatic heterocycles. The van der Waals surface area contributed by atoms with E-state index in [1.54, 1.807) is 0 Å². The van der Waals surface area contributed by atoms with Gasteiger partial charge in [0.25, 0.3) is 0 Å². The Morgan fingerprint density at radius 1 is 0.457 bits per heavy atom. The van der Waals surface area contributed by atoms with Gasteiger partial charge in [0.2, 0.25) is 0 Å². The molecule has 2 aliphatic rings. The molecule has 0 bridgehead atoms. The molecular formula is C42H25BN2S. The van der Waals surface area contributed by atoms with Crippen molar-refractivity contribution in [3.05, 3.63) is 152 Å². The first-order valence-electron chi connectivity index (χ1n) is 15.9. The third-order valence-electron chi connectivity index (χ3n) is 10.2. The van der Waals surface area contributed by atoms with Gasteiger partial charge < -0.3 is 9.38 Å². The Morgan fingerprint density at radius 3 is 2.11 bits per heavy atom. The zero-order chi connectivity index (χ0) is 29.9. The molecule has 0 radical (unpaired) electrons. The monoisotopic (exact) mass is 600 g/mol. The van der Waals surface area contributed by atoms with Crippen molar-refractivity contribution >= 4 is 88.2 Å². The molecule has 0 amide bonds. The van der Waals surface area contributed by atoms with Crippen LogP contribution in [0, 0.1) is 0 Å². The zero-order valence-electron chi connectivity index (χ0n) is 24.8. The van der Waals surface area contributed by atoms with Gasteiger partial charge in [-0.05, 0) is 58.5 Å². The quantitative estimate of drug-likeness (QED) is 0.179. The standard InChI is InChI=1S/C42H25BN2S/c1-2-12-26(13-3-1)32-25-40-33(28-15-5-9-23-39(28)46-40)24-38(32)44-36-21-8-6-19-34(36)43-41-29(16-11-22-37(41)44)31-18-10-17-30-27-14-4-7-20-35(27)45(43)42(30)31/h1-25H. The number of fused-ring (bicyclic) bond motifs is 10. The lowest BCUT2D eigenvalue weighted by atomic mass is 9.45. The Labute approximate surface area is 270 Å². The van der Waals surface area contributed by atoms with E-state index in [1.807, 2.05) is 11.3 Å². The summed E-state index contributed by atoms with van der Waals surface area (Å²) < 4.78 is 5.26. The highest BCUT2D eigenvalue weighted by Gasteiger charge is 2.42. The molecule has 46 heavy (non-hydrogen) atoms. The number of para-hydroxylation sites is 3. The first-order valence-corrected chi connectivity index (χ1v) is 16.7. The van der Waals surface area contributed by atoms with E-state index in [0.717, 1.165) is 0 Å². The molecule has 0 saturated carbocycles. The fourth-order valence-electron chi connectivity index (χ4n) is 8.34. The maximum atomic E-state index is 2.62. The third-order valence-corrected chi connectivity index (χ3v) is 11.3. The Hall–Kier alpha value is -5.58. The zero-order valence-corrected chi connectivity index (χ0v) is 25.6. The summed E-state index contributed by atoms with van der Waals surface area (Å²) in [5.74, 6) is 0. The number of anilines is 3. The second-order valence-corrected chi connectivity index (χ2v) is 13.5. The largest absolute Gasteiger partial charge is 0.375 e. The van der Waals surface area contributed by atoms with Crippen molar-refractivity contribution in [1.82, 2.24) is 4.48 Å². The molecule has 11 rings (SSSR count). The number of rotatable bonds is 2. The van der Waals surface area contributed by atoms with Crippen molar-refractivity contribution in [3.8, 4) is 22.3 Å². The molecule has 0 atom stereocenters. The molecule has 2 nitrogen and oxygen atoms in total. The molecule has 4 heteroatoms. The molecule has 9 aromatic rings. The molecule has 7 aromatic carbocycles. The Bertz CT molecular complexity index is 2720. The van der Waals surface area contributed by atoms with E-state index in [0.29, 0.717) is 0 Å². The van der Waals surface area contributed by atoms with Crippen LogP contribution in [0.5, 0.6) is 0 Å². The predicted octanol–water partition coefficient (Wildman–Crippen LogP) is 10.2. The van der Waals surface area contributed by atoms with Crippen LogP contribution >= 0.6 is 11.3 Å². The molecular weight excluding hydrogens is 575 g/mol. The highest BCUT2D eigenvalue weighted by molar-refractivity contribution is 7.25. The highest BCUT2D eigenvalue weighted by Crippen LogP contribution is 2.49. The molecule has 212 valence electrons. The summed E-state index contributed by atoms with van der Waals surface area (Å²) in [6.45, 7) is 0.0711. The number of thiophene rings is 1. The smallest absolute Gasteiger partial charge is 0.333 e. The van der Waals surface area contributed by atoms with Crippen molar-refractivity contribution in [2.45, 2.75) is 0 Å². The summed E-state index contributed by atoms with van der Waals surface area (Å²) in [6.07, 6.45) is 0. The fourth-order valence-corrected chi connectivity index (χ4v) is 9.46. The van der Waals surface area contributed by atoms with Crippen LogP contribution < -0.4 is 15.8 Å². The van der Waals surface area contributed by atoms with Crippen LogP contribution in [0.2, 0.25) is 0 Å². The van der Waals surface area contributed by atoms with Crippen molar-refractivity contribution in [3.63, 3.8) is 0 Å². The van der Waals surface area contributed by atoms with Gasteiger partial charge in [0.1, 0.15) is 0 Å². The van der Waals surface area contributed by atoms with Crippen molar-refractivity contribution in [2.24, 2.45) is 0 Å². The molecule has 0 fully saturated rings. The first kappa shape index (κ1) is 24.7. The van der Waals surface area contributed by atoms with Gasteiger partial charge in [0.15, 0.2) is 0 Å². The number of benzene rings is 7. The van der Waals surface area contributed by atoms with Crippen LogP contribution in [0.1, 0.15) is 0 Å². The molecule has 0 saturated heterocycles. The predicted molar refractivity (Wildman–Crippen MR) is 198 cm³/mol. The molecule has 0 aliphatic carbocycles. The van der Waals surface area contributed by atoms with E-state index >= 15 is 0 Å². The number of nitrogens with zero attached hydrogens (tertiary/aromatic N) is 2. The Morgan fingerprint density at radius 2 is 1.17 bits per heavy atom. The summed E-state index contributed by atoms with van der Waals surface area (Å²) in [5.41, 5.74) is 14.1. The normalized spacial score (nSPS) is 13.1. The highest BCUT2D eigenvalue weighted by atomic mass is 32.1. The summed E-state index contributed by atoms with van der Waals surface area (Å²) in [7, 11) is 0. The van der Waals surface area contributed by atoms with Crippen LogP contribution in [-0.2, 0) is 0 Å². The van der Waals surface area contributed by atoms with Gasteiger partial charge in [-0.1, -0.05) is 115 Å². The number of hydrogen-bond acceptors (Lipinski definition) is 2. The van der Waals surface area contributed by atoms with Gasteiger partial charge in [0.05, 0.1) is 5.69 Å². The van der Waals surface area contributed by atoms with Crippen LogP contribution in [0.4, 0.5) is 17.1 Å². The van der Waals surface area contributed by atoms with Gasteiger partial charge in [-0.15, -0.1) is 11.3 Å². The van der Waals surface area contributed by atoms with E-state index in [9.17, 15) is 0 Å². The van der Waals surface area contributed by atoms with Crippen LogP contribution in [0.3, 0.4) is 0 Å². The lowest BCUT2D eigenvalue weighted by Crippen LogP contribution is -2.56. The minimum absolute atomic E-state index is 0.0711. The lowest BCUT2D eigenvalue weighted by Gasteiger charge is -2.41. The average Bonchev–Trinajstić information content (AvgIpc) is 3.66. The van der Waals surface area contributed by atoms with Gasteiger partial charge >= 0.3 is 6.85 Å². The van der Waals surface area contributed by atoms with Crippen molar-refractivity contribution in [2.75, 3.05) is 4.90 Å². The maximum Gasteiger partial charge on any atom is 0.333 e. The van der Waals surface area contributed by atoms with Gasteiger partial charge in [-0.3, -0.25) is 0 Å². The average molecular weight is 601 g/mol.